The Bertz CT molecular complexity index is 1890. The quantitative estimate of drug-likeness (QED) is 0.321. The fraction of sp³-hybridized carbons (Fsp3) is 0.641. The summed E-state index contributed by atoms with van der Waals surface area (Å²) < 4.78 is 54.9. The molecule has 2 saturated heterocycles. The van der Waals surface area contributed by atoms with E-state index in [1.165, 1.54) is 48.0 Å². The van der Waals surface area contributed by atoms with Crippen LogP contribution in [-0.2, 0) is 26.9 Å². The van der Waals surface area contributed by atoms with Crippen LogP contribution in [0, 0.1) is 17.8 Å². The molecule has 2 aromatic rings. The highest BCUT2D eigenvalue weighted by atomic mass is 19.4. The number of aromatic nitrogens is 2. The second-order valence-corrected chi connectivity index (χ2v) is 17.7. The van der Waals surface area contributed by atoms with Crippen LogP contribution in [0.25, 0.3) is 5.69 Å². The lowest BCUT2D eigenvalue weighted by atomic mass is 9.98. The molecule has 1 saturated carbocycles. The van der Waals surface area contributed by atoms with Gasteiger partial charge < -0.3 is 29.9 Å². The number of piperidine rings is 1. The Labute approximate surface area is 330 Å². The maximum atomic E-state index is 14.4. The topological polar surface area (TPSA) is 167 Å². The summed E-state index contributed by atoms with van der Waals surface area (Å²) in [5, 5.41) is 8.02. The van der Waals surface area contributed by atoms with Crippen molar-refractivity contribution in [2.45, 2.75) is 97.7 Å². The van der Waals surface area contributed by atoms with Gasteiger partial charge in [0, 0.05) is 63.6 Å². The number of alkyl halides is 3. The van der Waals surface area contributed by atoms with Crippen molar-refractivity contribution < 1.29 is 41.8 Å². The van der Waals surface area contributed by atoms with E-state index < -0.39 is 58.3 Å². The lowest BCUT2D eigenvalue weighted by molar-refractivity contribution is -0.149. The first-order valence-corrected chi connectivity index (χ1v) is 19.2. The first-order chi connectivity index (χ1) is 26.3. The molecule has 57 heavy (non-hydrogen) atoms. The molecule has 5 rings (SSSR count). The highest BCUT2D eigenvalue weighted by Crippen LogP contribution is 2.52. The van der Waals surface area contributed by atoms with Gasteiger partial charge in [0.15, 0.2) is 5.60 Å². The molecular weight excluding hydrogens is 749 g/mol. The van der Waals surface area contributed by atoms with Crippen molar-refractivity contribution in [2.75, 3.05) is 51.1 Å². The largest absolute Gasteiger partial charge is 0.444 e. The van der Waals surface area contributed by atoms with Gasteiger partial charge in [-0.3, -0.25) is 19.6 Å². The van der Waals surface area contributed by atoms with Crippen molar-refractivity contribution in [3.8, 4) is 5.69 Å². The molecule has 0 spiro atoms. The van der Waals surface area contributed by atoms with Crippen LogP contribution in [0.1, 0.15) is 73.4 Å². The monoisotopic (exact) mass is 804 g/mol. The molecule has 1 aromatic heterocycles. The number of nitrogens with zero attached hydrogens (tertiary/aromatic N) is 5. The number of halogens is 3. The van der Waals surface area contributed by atoms with E-state index >= 15 is 0 Å². The number of carbonyl (C=O) groups excluding carboxylic acids is 4. The zero-order chi connectivity index (χ0) is 42.2. The smallest absolute Gasteiger partial charge is 0.416 e. The van der Waals surface area contributed by atoms with E-state index in [2.05, 4.69) is 25.8 Å². The predicted octanol–water partition coefficient (Wildman–Crippen LogP) is 4.86. The number of ether oxygens (including phenoxy) is 2. The summed E-state index contributed by atoms with van der Waals surface area (Å²) in [5.41, 5.74) is -4.24. The van der Waals surface area contributed by atoms with Gasteiger partial charge in [0.2, 0.25) is 0 Å². The van der Waals surface area contributed by atoms with Crippen molar-refractivity contribution in [1.29, 1.82) is 0 Å². The average Bonchev–Trinajstić information content (AvgIpc) is 3.52. The number of nitrogens with one attached hydrogen (secondary N) is 3. The summed E-state index contributed by atoms with van der Waals surface area (Å²) in [6.07, 6.45) is -4.47. The van der Waals surface area contributed by atoms with Crippen LogP contribution < -0.4 is 21.6 Å². The van der Waals surface area contributed by atoms with Crippen LogP contribution in [0.4, 0.5) is 33.4 Å². The second kappa shape index (κ2) is 16.2. The maximum Gasteiger partial charge on any atom is 0.416 e. The highest BCUT2D eigenvalue weighted by Gasteiger charge is 2.56. The minimum Gasteiger partial charge on any atom is -0.444 e. The van der Waals surface area contributed by atoms with Crippen LogP contribution in [0.15, 0.2) is 35.3 Å². The van der Waals surface area contributed by atoms with Crippen molar-refractivity contribution in [1.82, 2.24) is 34.9 Å². The van der Waals surface area contributed by atoms with Crippen molar-refractivity contribution >= 4 is 29.9 Å². The molecule has 314 valence electrons. The number of hydrogen-bond donors (Lipinski definition) is 3. The number of likely N-dealkylation sites (tertiary alicyclic amines) is 1. The number of alkyl carbamates (subject to hydrolysis) is 2. The summed E-state index contributed by atoms with van der Waals surface area (Å²) in [6.45, 7) is 18.2. The molecule has 2 aliphatic heterocycles. The molecule has 3 fully saturated rings. The van der Waals surface area contributed by atoms with Crippen molar-refractivity contribution in [2.24, 2.45) is 17.8 Å². The first-order valence-electron chi connectivity index (χ1n) is 19.2. The molecule has 18 heteroatoms. The number of hydrogen-bond acceptors (Lipinski definition) is 9. The number of benzene rings is 1. The van der Waals surface area contributed by atoms with Gasteiger partial charge in [-0.2, -0.15) is 18.2 Å². The van der Waals surface area contributed by atoms with Gasteiger partial charge in [-0.15, -0.1) is 0 Å². The summed E-state index contributed by atoms with van der Waals surface area (Å²) in [7, 11) is 0. The minimum atomic E-state index is -4.68. The first kappa shape index (κ1) is 43.3. The summed E-state index contributed by atoms with van der Waals surface area (Å²) >= 11 is 0. The van der Waals surface area contributed by atoms with Gasteiger partial charge in [0.25, 0.3) is 5.91 Å². The zero-order valence-corrected chi connectivity index (χ0v) is 34.1. The Hall–Kier alpha value is -4.87. The van der Waals surface area contributed by atoms with Gasteiger partial charge in [-0.25, -0.2) is 19.2 Å². The van der Waals surface area contributed by atoms with Crippen LogP contribution in [-0.4, -0.2) is 117 Å². The Balaban J connectivity index is 1.14. The van der Waals surface area contributed by atoms with E-state index in [0.717, 1.165) is 23.7 Å². The lowest BCUT2D eigenvalue weighted by Crippen LogP contribution is -2.57. The van der Waals surface area contributed by atoms with Gasteiger partial charge in [-0.05, 0) is 110 Å². The molecule has 3 atom stereocenters. The Morgan fingerprint density at radius 1 is 0.877 bits per heavy atom. The summed E-state index contributed by atoms with van der Waals surface area (Å²) in [4.78, 5) is 72.5. The Morgan fingerprint density at radius 2 is 1.49 bits per heavy atom. The van der Waals surface area contributed by atoms with E-state index in [-0.39, 0.29) is 55.7 Å². The molecule has 3 unspecified atom stereocenters. The van der Waals surface area contributed by atoms with Crippen molar-refractivity contribution in [3.05, 3.63) is 52.1 Å². The van der Waals surface area contributed by atoms with Crippen LogP contribution in [0.5, 0.6) is 0 Å². The Kier molecular flexibility index (Phi) is 12.3. The maximum absolute atomic E-state index is 14.4. The molecule has 3 aliphatic rings. The molecule has 5 amide bonds. The van der Waals surface area contributed by atoms with Gasteiger partial charge in [0.05, 0.1) is 11.3 Å². The molecule has 3 heterocycles. The van der Waals surface area contributed by atoms with Gasteiger partial charge in [-0.1, -0.05) is 6.07 Å². The standard InChI is InChI=1S/C39H55F3N8O7/c1-23(49-21-27-26(28(27)22-49)20-43-34(54)56-37(5,6)7)18-24-10-11-25(19-29(24)39(40,41)42)50-13-12-30(45-33(50)53)44-32(52)48-16-14-47(15-17-48)31(51)38(8,9)57-35(55)46-36(2,3)4/h10-13,19,23,26-28H,14-18,20-22H2,1-9H3,(H,43,54)(H,46,55)(H,44,45,52,53). The van der Waals surface area contributed by atoms with E-state index in [0.29, 0.717) is 24.3 Å². The fourth-order valence-corrected chi connectivity index (χ4v) is 7.42. The Morgan fingerprint density at radius 3 is 2.05 bits per heavy atom. The number of piperazine rings is 1. The normalized spacial score (nSPS) is 20.7. The van der Waals surface area contributed by atoms with Crippen LogP contribution in [0.3, 0.4) is 0 Å². The third kappa shape index (κ3) is 11.2. The lowest BCUT2D eigenvalue weighted by Gasteiger charge is -2.38. The predicted molar refractivity (Wildman–Crippen MR) is 205 cm³/mol. The summed E-state index contributed by atoms with van der Waals surface area (Å²) in [6, 6.07) is 4.34. The third-order valence-electron chi connectivity index (χ3n) is 10.3. The molecule has 3 N–H and O–H groups in total. The number of amides is 5. The van der Waals surface area contributed by atoms with Gasteiger partial charge in [0.1, 0.15) is 11.4 Å². The zero-order valence-electron chi connectivity index (χ0n) is 34.1. The molecule has 1 aromatic carbocycles. The third-order valence-corrected chi connectivity index (χ3v) is 10.3. The van der Waals surface area contributed by atoms with E-state index in [9.17, 15) is 37.1 Å². The van der Waals surface area contributed by atoms with E-state index in [4.69, 9.17) is 9.47 Å². The van der Waals surface area contributed by atoms with Crippen molar-refractivity contribution in [3.63, 3.8) is 0 Å². The molecule has 15 nitrogen and oxygen atoms in total. The highest BCUT2D eigenvalue weighted by molar-refractivity contribution is 5.89. The SMILES string of the molecule is CC(Cc1ccc(-n2ccc(NC(=O)N3CCN(C(=O)C(C)(C)OC(=O)NC(C)(C)C)CC3)nc2=O)cc1C(F)(F)F)N1CC2C(CNC(=O)OC(C)(C)C)C2C1. The number of fused-ring (bicyclic) bond motifs is 1. The molecular formula is C39H55F3N8O7. The van der Waals surface area contributed by atoms with Gasteiger partial charge >= 0.3 is 30.1 Å². The minimum absolute atomic E-state index is 0.0274. The molecule has 0 bridgehead atoms. The fourth-order valence-electron chi connectivity index (χ4n) is 7.42. The second-order valence-electron chi connectivity index (χ2n) is 17.7. The van der Waals surface area contributed by atoms with E-state index in [1.54, 1.807) is 41.5 Å². The van der Waals surface area contributed by atoms with E-state index in [1.807, 2.05) is 6.92 Å². The number of anilines is 1. The van der Waals surface area contributed by atoms with Crippen LogP contribution >= 0.6 is 0 Å². The summed E-state index contributed by atoms with van der Waals surface area (Å²) in [5.74, 6) is 0.547. The number of urea groups is 1. The average molecular weight is 805 g/mol. The number of carbonyl (C=O) groups is 4. The van der Waals surface area contributed by atoms with Crippen LogP contribution in [0.2, 0.25) is 0 Å². The molecule has 0 radical (unpaired) electrons. The molecule has 1 aliphatic carbocycles. The number of rotatable bonds is 9.